The van der Waals surface area contributed by atoms with Gasteiger partial charge in [0.25, 0.3) is 0 Å². The fraction of sp³-hybridized carbons (Fsp3) is 0.833. The lowest BCUT2D eigenvalue weighted by molar-refractivity contribution is -0.136. The SMILES string of the molecule is O=C(CO)C(O)C(O)CCO. The molecule has 0 aliphatic carbocycles. The van der Waals surface area contributed by atoms with Gasteiger partial charge in [0.05, 0.1) is 6.10 Å². The van der Waals surface area contributed by atoms with Crippen LogP contribution in [0.3, 0.4) is 0 Å². The molecule has 66 valence electrons. The van der Waals surface area contributed by atoms with E-state index in [1.54, 1.807) is 0 Å². The van der Waals surface area contributed by atoms with E-state index in [-0.39, 0.29) is 13.0 Å². The Bertz CT molecular complexity index is 124. The van der Waals surface area contributed by atoms with Gasteiger partial charge in [-0.3, -0.25) is 4.79 Å². The van der Waals surface area contributed by atoms with Gasteiger partial charge in [-0.15, -0.1) is 0 Å². The van der Waals surface area contributed by atoms with Crippen molar-refractivity contribution in [3.8, 4) is 0 Å². The summed E-state index contributed by atoms with van der Waals surface area (Å²) in [5.74, 6) is -0.842. The van der Waals surface area contributed by atoms with Crippen molar-refractivity contribution in [1.82, 2.24) is 0 Å². The monoisotopic (exact) mass is 164 g/mol. The number of ketones is 1. The maximum absolute atomic E-state index is 10.5. The normalized spacial score (nSPS) is 16.0. The number of hydrogen-bond donors (Lipinski definition) is 4. The molecule has 5 nitrogen and oxygen atoms in total. The molecule has 0 heterocycles. The molecule has 0 fully saturated rings. The standard InChI is InChI=1S/C6H12O5/c7-2-1-4(9)6(11)5(10)3-8/h4,6-9,11H,1-3H2. The summed E-state index contributed by atoms with van der Waals surface area (Å²) in [6.45, 7) is -1.11. The van der Waals surface area contributed by atoms with Gasteiger partial charge in [0, 0.05) is 6.61 Å². The summed E-state index contributed by atoms with van der Waals surface area (Å²) in [6, 6.07) is 0. The summed E-state index contributed by atoms with van der Waals surface area (Å²) >= 11 is 0. The molecule has 0 spiro atoms. The number of hydrogen-bond acceptors (Lipinski definition) is 5. The lowest BCUT2D eigenvalue weighted by Gasteiger charge is -2.13. The second-order valence-corrected chi connectivity index (χ2v) is 2.15. The van der Waals surface area contributed by atoms with Gasteiger partial charge < -0.3 is 20.4 Å². The van der Waals surface area contributed by atoms with Crippen molar-refractivity contribution >= 4 is 5.78 Å². The van der Waals surface area contributed by atoms with E-state index in [1.165, 1.54) is 0 Å². The van der Waals surface area contributed by atoms with Crippen LogP contribution in [0.1, 0.15) is 6.42 Å². The average Bonchev–Trinajstić information content (AvgIpc) is 2.02. The molecule has 0 aliphatic rings. The predicted octanol–water partition coefficient (Wildman–Crippen LogP) is -2.35. The van der Waals surface area contributed by atoms with Crippen LogP contribution in [0.25, 0.3) is 0 Å². The Morgan fingerprint density at radius 1 is 1.27 bits per heavy atom. The number of aliphatic hydroxyl groups is 4. The zero-order valence-corrected chi connectivity index (χ0v) is 5.97. The molecule has 5 heteroatoms. The molecule has 0 amide bonds. The van der Waals surface area contributed by atoms with Crippen molar-refractivity contribution in [3.63, 3.8) is 0 Å². The quantitative estimate of drug-likeness (QED) is 0.365. The topological polar surface area (TPSA) is 98.0 Å². The van der Waals surface area contributed by atoms with Crippen molar-refractivity contribution < 1.29 is 25.2 Å². The van der Waals surface area contributed by atoms with E-state index in [4.69, 9.17) is 20.4 Å². The Kier molecular flexibility index (Phi) is 4.97. The maximum atomic E-state index is 10.5. The fourth-order valence-corrected chi connectivity index (χ4v) is 0.598. The highest BCUT2D eigenvalue weighted by Gasteiger charge is 2.22. The molecule has 0 aromatic carbocycles. The molecule has 0 aromatic rings. The van der Waals surface area contributed by atoms with E-state index < -0.39 is 24.6 Å². The first-order valence-corrected chi connectivity index (χ1v) is 3.24. The lowest BCUT2D eigenvalue weighted by Crippen LogP contribution is -2.36. The van der Waals surface area contributed by atoms with Crippen molar-refractivity contribution in [3.05, 3.63) is 0 Å². The second-order valence-electron chi connectivity index (χ2n) is 2.15. The smallest absolute Gasteiger partial charge is 0.189 e. The minimum Gasteiger partial charge on any atom is -0.396 e. The molecule has 0 radical (unpaired) electrons. The van der Waals surface area contributed by atoms with Gasteiger partial charge in [-0.1, -0.05) is 0 Å². The molecular formula is C6H12O5. The van der Waals surface area contributed by atoms with Crippen LogP contribution >= 0.6 is 0 Å². The maximum Gasteiger partial charge on any atom is 0.189 e. The zero-order chi connectivity index (χ0) is 8.85. The van der Waals surface area contributed by atoms with Gasteiger partial charge in [0.1, 0.15) is 12.7 Å². The summed E-state index contributed by atoms with van der Waals surface area (Å²) in [6.07, 6.45) is -2.96. The summed E-state index contributed by atoms with van der Waals surface area (Å²) in [4.78, 5) is 10.5. The molecular weight excluding hydrogens is 152 g/mol. The van der Waals surface area contributed by atoms with Gasteiger partial charge in [-0.25, -0.2) is 0 Å². The Labute approximate surface area is 63.9 Å². The summed E-state index contributed by atoms with van der Waals surface area (Å²) < 4.78 is 0. The van der Waals surface area contributed by atoms with E-state index >= 15 is 0 Å². The highest BCUT2D eigenvalue weighted by molar-refractivity contribution is 5.84. The second kappa shape index (κ2) is 5.20. The van der Waals surface area contributed by atoms with E-state index in [9.17, 15) is 4.79 Å². The Hall–Kier alpha value is -0.490. The van der Waals surface area contributed by atoms with Crippen LogP contribution in [-0.2, 0) is 4.79 Å². The van der Waals surface area contributed by atoms with E-state index in [0.29, 0.717) is 0 Å². The minimum absolute atomic E-state index is 0.0765. The first-order valence-electron chi connectivity index (χ1n) is 3.24. The highest BCUT2D eigenvalue weighted by atomic mass is 16.3. The highest BCUT2D eigenvalue weighted by Crippen LogP contribution is 1.98. The number of Topliss-reactive ketones (excluding diaryl/α,β-unsaturated/α-hetero) is 1. The number of rotatable bonds is 5. The molecule has 0 saturated heterocycles. The van der Waals surface area contributed by atoms with E-state index in [1.807, 2.05) is 0 Å². The molecule has 0 rings (SSSR count). The lowest BCUT2D eigenvalue weighted by atomic mass is 10.1. The average molecular weight is 164 g/mol. The van der Waals surface area contributed by atoms with Crippen LogP contribution in [0.4, 0.5) is 0 Å². The minimum atomic E-state index is -1.59. The molecule has 2 unspecified atom stereocenters. The van der Waals surface area contributed by atoms with Gasteiger partial charge in [0.2, 0.25) is 0 Å². The Morgan fingerprint density at radius 3 is 2.18 bits per heavy atom. The summed E-state index contributed by atoms with van der Waals surface area (Å²) in [5, 5.41) is 34.3. The van der Waals surface area contributed by atoms with Crippen LogP contribution in [0.5, 0.6) is 0 Å². The van der Waals surface area contributed by atoms with Crippen molar-refractivity contribution in [2.75, 3.05) is 13.2 Å². The number of carbonyl (C=O) groups is 1. The van der Waals surface area contributed by atoms with E-state index in [0.717, 1.165) is 0 Å². The van der Waals surface area contributed by atoms with Crippen LogP contribution in [0, 0.1) is 0 Å². The van der Waals surface area contributed by atoms with Crippen molar-refractivity contribution in [2.45, 2.75) is 18.6 Å². The third kappa shape index (κ3) is 3.43. The first kappa shape index (κ1) is 10.5. The van der Waals surface area contributed by atoms with Crippen LogP contribution < -0.4 is 0 Å². The Balaban J connectivity index is 3.80. The third-order valence-corrected chi connectivity index (χ3v) is 1.28. The van der Waals surface area contributed by atoms with Gasteiger partial charge in [-0.05, 0) is 6.42 Å². The van der Waals surface area contributed by atoms with Gasteiger partial charge in [0.15, 0.2) is 5.78 Å². The van der Waals surface area contributed by atoms with Crippen molar-refractivity contribution in [2.24, 2.45) is 0 Å². The molecule has 0 bridgehead atoms. The first-order chi connectivity index (χ1) is 5.13. The van der Waals surface area contributed by atoms with Gasteiger partial charge >= 0.3 is 0 Å². The Morgan fingerprint density at radius 2 is 1.82 bits per heavy atom. The van der Waals surface area contributed by atoms with Crippen molar-refractivity contribution in [1.29, 1.82) is 0 Å². The summed E-state index contributed by atoms with van der Waals surface area (Å²) in [5.41, 5.74) is 0. The van der Waals surface area contributed by atoms with E-state index in [2.05, 4.69) is 0 Å². The molecule has 0 aromatic heterocycles. The largest absolute Gasteiger partial charge is 0.396 e. The molecule has 0 saturated carbocycles. The zero-order valence-electron chi connectivity index (χ0n) is 5.97. The fourth-order valence-electron chi connectivity index (χ4n) is 0.598. The third-order valence-electron chi connectivity index (χ3n) is 1.28. The van der Waals surface area contributed by atoms with Crippen LogP contribution in [0.15, 0.2) is 0 Å². The van der Waals surface area contributed by atoms with Crippen LogP contribution in [0.2, 0.25) is 0 Å². The number of aliphatic hydroxyl groups excluding tert-OH is 4. The molecule has 0 aliphatic heterocycles. The molecule has 11 heavy (non-hydrogen) atoms. The predicted molar refractivity (Wildman–Crippen MR) is 35.8 cm³/mol. The number of carbonyl (C=O) groups excluding carboxylic acids is 1. The summed E-state index contributed by atoms with van der Waals surface area (Å²) in [7, 11) is 0. The molecule has 4 N–H and O–H groups in total. The van der Waals surface area contributed by atoms with Crippen LogP contribution in [-0.4, -0.2) is 51.6 Å². The van der Waals surface area contributed by atoms with Gasteiger partial charge in [-0.2, -0.15) is 0 Å². The molecule has 2 atom stereocenters.